The Bertz CT molecular complexity index is 606. The Morgan fingerprint density at radius 2 is 1.86 bits per heavy atom. The van der Waals surface area contributed by atoms with Crippen molar-refractivity contribution in [2.75, 3.05) is 32.8 Å². The van der Waals surface area contributed by atoms with E-state index in [4.69, 9.17) is 4.74 Å². The quantitative estimate of drug-likeness (QED) is 0.749. The van der Waals surface area contributed by atoms with E-state index in [1.807, 2.05) is 0 Å². The van der Waals surface area contributed by atoms with Crippen LogP contribution in [0.2, 0.25) is 0 Å². The molecule has 0 saturated carbocycles. The Morgan fingerprint density at radius 3 is 2.43 bits per heavy atom. The SMILES string of the molecule is O=CCNC(=O)c1ccc(S(=O)(=O)N2CCOCC2)cc1. The van der Waals surface area contributed by atoms with Crippen molar-refractivity contribution in [3.05, 3.63) is 29.8 Å². The molecule has 21 heavy (non-hydrogen) atoms. The summed E-state index contributed by atoms with van der Waals surface area (Å²) in [4.78, 5) is 21.9. The van der Waals surface area contributed by atoms with Gasteiger partial charge in [-0.25, -0.2) is 8.42 Å². The summed E-state index contributed by atoms with van der Waals surface area (Å²) in [5, 5.41) is 2.39. The molecule has 2 rings (SSSR count). The van der Waals surface area contributed by atoms with Crippen molar-refractivity contribution in [1.29, 1.82) is 0 Å². The topological polar surface area (TPSA) is 92.8 Å². The molecule has 7 nitrogen and oxygen atoms in total. The maximum Gasteiger partial charge on any atom is 0.251 e. The van der Waals surface area contributed by atoms with Gasteiger partial charge < -0.3 is 14.8 Å². The molecule has 1 aliphatic heterocycles. The molecule has 0 bridgehead atoms. The van der Waals surface area contributed by atoms with E-state index in [1.54, 1.807) is 0 Å². The summed E-state index contributed by atoms with van der Waals surface area (Å²) in [6.07, 6.45) is 0.579. The number of carbonyl (C=O) groups is 2. The van der Waals surface area contributed by atoms with Crippen LogP contribution >= 0.6 is 0 Å². The summed E-state index contributed by atoms with van der Waals surface area (Å²) >= 11 is 0. The van der Waals surface area contributed by atoms with Crippen molar-refractivity contribution in [3.8, 4) is 0 Å². The second-order valence-corrected chi connectivity index (χ2v) is 6.36. The van der Waals surface area contributed by atoms with Crippen LogP contribution in [0.1, 0.15) is 10.4 Å². The van der Waals surface area contributed by atoms with Crippen LogP contribution in [0, 0.1) is 0 Å². The summed E-state index contributed by atoms with van der Waals surface area (Å²) < 4.78 is 31.2. The van der Waals surface area contributed by atoms with Gasteiger partial charge in [0, 0.05) is 18.7 Å². The fraction of sp³-hybridized carbons (Fsp3) is 0.385. The molecule has 1 amide bonds. The third kappa shape index (κ3) is 3.66. The van der Waals surface area contributed by atoms with Crippen molar-refractivity contribution < 1.29 is 22.7 Å². The molecule has 1 saturated heterocycles. The molecule has 0 radical (unpaired) electrons. The third-order valence-corrected chi connectivity index (χ3v) is 4.98. The van der Waals surface area contributed by atoms with Crippen LogP contribution in [-0.2, 0) is 19.6 Å². The second kappa shape index (κ2) is 6.79. The molecule has 0 spiro atoms. The highest BCUT2D eigenvalue weighted by molar-refractivity contribution is 7.89. The van der Waals surface area contributed by atoms with Gasteiger partial charge in [0.25, 0.3) is 5.91 Å². The molecule has 8 heteroatoms. The fourth-order valence-electron chi connectivity index (χ4n) is 1.95. The molecule has 114 valence electrons. The van der Waals surface area contributed by atoms with E-state index in [2.05, 4.69) is 5.32 Å². The van der Waals surface area contributed by atoms with Crippen molar-refractivity contribution in [3.63, 3.8) is 0 Å². The molecule has 1 fully saturated rings. The van der Waals surface area contributed by atoms with E-state index >= 15 is 0 Å². The Morgan fingerprint density at radius 1 is 1.24 bits per heavy atom. The van der Waals surface area contributed by atoms with Crippen molar-refractivity contribution in [1.82, 2.24) is 9.62 Å². The molecule has 1 aromatic rings. The summed E-state index contributed by atoms with van der Waals surface area (Å²) in [6.45, 7) is 1.33. The van der Waals surface area contributed by atoms with Gasteiger partial charge in [0.05, 0.1) is 24.7 Å². The molecule has 0 unspecified atom stereocenters. The summed E-state index contributed by atoms with van der Waals surface area (Å²) in [6, 6.07) is 5.63. The maximum absolute atomic E-state index is 12.4. The highest BCUT2D eigenvalue weighted by Gasteiger charge is 2.26. The number of carbonyl (C=O) groups excluding carboxylic acids is 2. The molecule has 0 aliphatic carbocycles. The first-order valence-corrected chi connectivity index (χ1v) is 7.89. The minimum atomic E-state index is -3.56. The van der Waals surface area contributed by atoms with E-state index in [0.717, 1.165) is 0 Å². The number of aldehydes is 1. The fourth-order valence-corrected chi connectivity index (χ4v) is 3.36. The summed E-state index contributed by atoms with van der Waals surface area (Å²) in [5.74, 6) is -0.419. The zero-order valence-corrected chi connectivity index (χ0v) is 12.1. The first-order chi connectivity index (χ1) is 10.1. The number of benzene rings is 1. The summed E-state index contributed by atoms with van der Waals surface area (Å²) in [7, 11) is -3.56. The van der Waals surface area contributed by atoms with Crippen LogP contribution < -0.4 is 5.32 Å². The van der Waals surface area contributed by atoms with Crippen molar-refractivity contribution >= 4 is 22.2 Å². The van der Waals surface area contributed by atoms with Gasteiger partial charge in [-0.3, -0.25) is 4.79 Å². The van der Waals surface area contributed by atoms with E-state index < -0.39 is 15.9 Å². The molecule has 1 heterocycles. The third-order valence-electron chi connectivity index (χ3n) is 3.07. The monoisotopic (exact) mass is 312 g/mol. The van der Waals surface area contributed by atoms with Gasteiger partial charge in [-0.2, -0.15) is 4.31 Å². The lowest BCUT2D eigenvalue weighted by Crippen LogP contribution is -2.40. The predicted molar refractivity (Wildman–Crippen MR) is 74.4 cm³/mol. The van der Waals surface area contributed by atoms with Crippen LogP contribution in [0.3, 0.4) is 0 Å². The van der Waals surface area contributed by atoms with E-state index in [1.165, 1.54) is 28.6 Å². The predicted octanol–water partition coefficient (Wildman–Crippen LogP) is -0.364. The van der Waals surface area contributed by atoms with Gasteiger partial charge in [0.2, 0.25) is 10.0 Å². The number of rotatable bonds is 5. The van der Waals surface area contributed by atoms with Gasteiger partial charge in [0.1, 0.15) is 6.29 Å². The highest BCUT2D eigenvalue weighted by Crippen LogP contribution is 2.17. The number of hydrogen-bond donors (Lipinski definition) is 1. The first-order valence-electron chi connectivity index (χ1n) is 6.45. The number of amides is 1. The number of hydrogen-bond acceptors (Lipinski definition) is 5. The minimum Gasteiger partial charge on any atom is -0.379 e. The number of nitrogens with one attached hydrogen (secondary N) is 1. The maximum atomic E-state index is 12.4. The second-order valence-electron chi connectivity index (χ2n) is 4.42. The molecule has 0 atom stereocenters. The average Bonchev–Trinajstić information content (AvgIpc) is 2.53. The van der Waals surface area contributed by atoms with E-state index in [9.17, 15) is 18.0 Å². The van der Waals surface area contributed by atoms with Crippen LogP contribution in [0.5, 0.6) is 0 Å². The standard InChI is InChI=1S/C13H16N2O5S/c16-8-5-14-13(17)11-1-3-12(4-2-11)21(18,19)15-6-9-20-10-7-15/h1-4,8H,5-7,9-10H2,(H,14,17). The molecule has 1 aromatic carbocycles. The molecule has 1 N–H and O–H groups in total. The highest BCUT2D eigenvalue weighted by atomic mass is 32.2. The Hall–Kier alpha value is -1.77. The Balaban J connectivity index is 2.14. The van der Waals surface area contributed by atoms with Crippen LogP contribution in [-0.4, -0.2) is 57.8 Å². The van der Waals surface area contributed by atoms with Gasteiger partial charge in [0.15, 0.2) is 0 Å². The average molecular weight is 312 g/mol. The zero-order valence-electron chi connectivity index (χ0n) is 11.3. The van der Waals surface area contributed by atoms with Gasteiger partial charge in [-0.05, 0) is 24.3 Å². The van der Waals surface area contributed by atoms with Crippen molar-refractivity contribution in [2.45, 2.75) is 4.90 Å². The Kier molecular flexibility index (Phi) is 5.05. The Labute approximate surface area is 122 Å². The largest absolute Gasteiger partial charge is 0.379 e. The van der Waals surface area contributed by atoms with Crippen LogP contribution in [0.15, 0.2) is 29.2 Å². The number of sulfonamides is 1. The van der Waals surface area contributed by atoms with E-state index in [-0.39, 0.29) is 11.4 Å². The van der Waals surface area contributed by atoms with Gasteiger partial charge in [-0.1, -0.05) is 0 Å². The lowest BCUT2D eigenvalue weighted by molar-refractivity contribution is -0.107. The van der Waals surface area contributed by atoms with Gasteiger partial charge in [-0.15, -0.1) is 0 Å². The molecular weight excluding hydrogens is 296 g/mol. The normalized spacial score (nSPS) is 16.4. The lowest BCUT2D eigenvalue weighted by atomic mass is 10.2. The van der Waals surface area contributed by atoms with Crippen LogP contribution in [0.4, 0.5) is 0 Å². The van der Waals surface area contributed by atoms with E-state index in [0.29, 0.717) is 38.2 Å². The molecular formula is C13H16N2O5S. The zero-order chi connectivity index (χ0) is 15.3. The van der Waals surface area contributed by atoms with Gasteiger partial charge >= 0.3 is 0 Å². The lowest BCUT2D eigenvalue weighted by Gasteiger charge is -2.26. The minimum absolute atomic E-state index is 0.0767. The molecule has 0 aromatic heterocycles. The molecule has 1 aliphatic rings. The first kappa shape index (κ1) is 15.6. The number of nitrogens with zero attached hydrogens (tertiary/aromatic N) is 1. The summed E-state index contributed by atoms with van der Waals surface area (Å²) in [5.41, 5.74) is 0.303. The van der Waals surface area contributed by atoms with Crippen molar-refractivity contribution in [2.24, 2.45) is 0 Å². The number of morpholine rings is 1. The van der Waals surface area contributed by atoms with Crippen LogP contribution in [0.25, 0.3) is 0 Å². The smallest absolute Gasteiger partial charge is 0.251 e. The number of ether oxygens (including phenoxy) is 1.